The van der Waals surface area contributed by atoms with Gasteiger partial charge in [0.05, 0.1) is 47.4 Å². The van der Waals surface area contributed by atoms with Crippen molar-refractivity contribution < 1.29 is 35.7 Å². The molecule has 0 fully saturated rings. The standard InChI is InChI=1S/C38H53N4O4S.BrH/c1-26-17-27(2)20-30(19-26)24-42(6,7)16-12-14-40(5)13-11-15-41-37(43)32-23-33(44-8)35(45-9)36(46-10)34(32)39-38(41)47-25-31-21-28(3)18-29(4)22-31;/h17-23H,11-16,24-25H2,1-10H3;1H/q+1;/p-1. The number of hydrogen-bond acceptors (Lipinski definition) is 7. The minimum Gasteiger partial charge on any atom is -1.00 e. The predicted molar refractivity (Wildman–Crippen MR) is 194 cm³/mol. The third kappa shape index (κ3) is 10.2. The van der Waals surface area contributed by atoms with E-state index in [9.17, 15) is 4.79 Å². The van der Waals surface area contributed by atoms with Gasteiger partial charge in [-0.1, -0.05) is 70.4 Å². The molecule has 0 aliphatic rings. The third-order valence-electron chi connectivity index (χ3n) is 8.48. The Morgan fingerprint density at radius 3 is 1.92 bits per heavy atom. The van der Waals surface area contributed by atoms with E-state index in [4.69, 9.17) is 19.2 Å². The highest BCUT2D eigenvalue weighted by atomic mass is 79.9. The van der Waals surface area contributed by atoms with Crippen LogP contribution in [0.3, 0.4) is 0 Å². The van der Waals surface area contributed by atoms with E-state index < -0.39 is 0 Å². The number of thioether (sulfide) groups is 1. The molecule has 10 heteroatoms. The average molecular weight is 742 g/mol. The van der Waals surface area contributed by atoms with Crippen molar-refractivity contribution in [3.63, 3.8) is 0 Å². The van der Waals surface area contributed by atoms with Gasteiger partial charge in [-0.25, -0.2) is 4.98 Å². The summed E-state index contributed by atoms with van der Waals surface area (Å²) in [5, 5.41) is 1.12. The maximum absolute atomic E-state index is 14.1. The van der Waals surface area contributed by atoms with Crippen molar-refractivity contribution in [1.82, 2.24) is 14.5 Å². The van der Waals surface area contributed by atoms with Crippen LogP contribution in [-0.4, -0.2) is 81.0 Å². The molecular weight excluding hydrogens is 688 g/mol. The summed E-state index contributed by atoms with van der Waals surface area (Å²) in [5.74, 6) is 1.97. The first kappa shape index (κ1) is 39.4. The van der Waals surface area contributed by atoms with Crippen molar-refractivity contribution >= 4 is 22.7 Å². The lowest BCUT2D eigenvalue weighted by Gasteiger charge is -2.31. The van der Waals surface area contributed by atoms with E-state index in [1.165, 1.54) is 33.4 Å². The number of benzene rings is 3. The maximum Gasteiger partial charge on any atom is 0.262 e. The largest absolute Gasteiger partial charge is 1.00 e. The molecule has 0 aliphatic heterocycles. The highest BCUT2D eigenvalue weighted by Crippen LogP contribution is 2.42. The molecule has 262 valence electrons. The molecule has 0 amide bonds. The zero-order valence-corrected chi connectivity index (χ0v) is 32.8. The highest BCUT2D eigenvalue weighted by Gasteiger charge is 2.22. The fourth-order valence-electron chi connectivity index (χ4n) is 6.52. The summed E-state index contributed by atoms with van der Waals surface area (Å²) in [5.41, 5.74) is 8.06. The van der Waals surface area contributed by atoms with Gasteiger partial charge in [0.15, 0.2) is 16.7 Å². The average Bonchev–Trinajstić information content (AvgIpc) is 2.99. The first-order valence-corrected chi connectivity index (χ1v) is 17.3. The molecule has 3 aromatic carbocycles. The lowest BCUT2D eigenvalue weighted by atomic mass is 10.1. The molecule has 4 rings (SSSR count). The number of ether oxygens (including phenoxy) is 3. The molecule has 0 unspecified atom stereocenters. The third-order valence-corrected chi connectivity index (χ3v) is 9.53. The number of halogens is 1. The van der Waals surface area contributed by atoms with Gasteiger partial charge in [-0.05, 0) is 59.3 Å². The van der Waals surface area contributed by atoms with Crippen LogP contribution in [0.25, 0.3) is 10.9 Å². The molecule has 0 N–H and O–H groups in total. The molecule has 1 heterocycles. The predicted octanol–water partition coefficient (Wildman–Crippen LogP) is 3.94. The van der Waals surface area contributed by atoms with Gasteiger partial charge in [-0.2, -0.15) is 0 Å². The van der Waals surface area contributed by atoms with Crippen LogP contribution in [0.4, 0.5) is 0 Å². The normalized spacial score (nSPS) is 11.6. The van der Waals surface area contributed by atoms with E-state index in [1.807, 2.05) is 4.57 Å². The summed E-state index contributed by atoms with van der Waals surface area (Å²) < 4.78 is 19.7. The Hall–Kier alpha value is -3.05. The summed E-state index contributed by atoms with van der Waals surface area (Å²) in [6.45, 7) is 13.1. The Bertz CT molecular complexity index is 1720. The molecule has 0 saturated carbocycles. The molecule has 0 saturated heterocycles. The van der Waals surface area contributed by atoms with Crippen LogP contribution in [-0.2, 0) is 18.8 Å². The van der Waals surface area contributed by atoms with Gasteiger partial charge in [0.2, 0.25) is 5.75 Å². The molecule has 0 spiro atoms. The Kier molecular flexibility index (Phi) is 14.4. The van der Waals surface area contributed by atoms with Crippen LogP contribution < -0.4 is 36.8 Å². The quantitative estimate of drug-likeness (QED) is 0.0981. The Balaban J connectivity index is 0.00000625. The molecular formula is C38H53BrN4O4S. The van der Waals surface area contributed by atoms with Crippen molar-refractivity contribution in [3.05, 3.63) is 86.2 Å². The lowest BCUT2D eigenvalue weighted by Crippen LogP contribution is -3.00. The lowest BCUT2D eigenvalue weighted by molar-refractivity contribution is -0.903. The fraction of sp³-hybridized carbons (Fsp3) is 0.474. The number of rotatable bonds is 16. The van der Waals surface area contributed by atoms with Gasteiger partial charge in [0.25, 0.3) is 5.56 Å². The number of nitrogens with zero attached hydrogens (tertiary/aromatic N) is 4. The zero-order chi connectivity index (χ0) is 34.3. The Morgan fingerprint density at radius 2 is 1.35 bits per heavy atom. The van der Waals surface area contributed by atoms with E-state index in [0.29, 0.717) is 45.6 Å². The van der Waals surface area contributed by atoms with E-state index in [2.05, 4.69) is 90.1 Å². The smallest absolute Gasteiger partial charge is 0.262 e. The number of fused-ring (bicyclic) bond motifs is 1. The summed E-state index contributed by atoms with van der Waals surface area (Å²) in [4.78, 5) is 21.5. The number of hydrogen-bond donors (Lipinski definition) is 0. The van der Waals surface area contributed by atoms with Crippen LogP contribution in [0.5, 0.6) is 17.2 Å². The van der Waals surface area contributed by atoms with E-state index in [0.717, 1.165) is 43.5 Å². The van der Waals surface area contributed by atoms with Crippen molar-refractivity contribution in [2.75, 3.05) is 62.1 Å². The molecule has 4 aromatic rings. The number of aryl methyl sites for hydroxylation is 4. The molecule has 0 bridgehead atoms. The SMILES string of the molecule is COc1cc2c(=O)n(CCCN(C)CCC[N+](C)(C)Cc3cc(C)cc(C)c3)c(SCc3cc(C)cc(C)c3)nc2c(OC)c1OC.[Br-]. The Labute approximate surface area is 301 Å². The number of aromatic nitrogens is 2. The molecule has 48 heavy (non-hydrogen) atoms. The van der Waals surface area contributed by atoms with E-state index in [1.54, 1.807) is 39.2 Å². The second-order valence-electron chi connectivity index (χ2n) is 13.5. The van der Waals surface area contributed by atoms with Gasteiger partial charge in [0.1, 0.15) is 12.1 Å². The van der Waals surface area contributed by atoms with Crippen molar-refractivity contribution in [2.45, 2.75) is 64.5 Å². The highest BCUT2D eigenvalue weighted by molar-refractivity contribution is 7.98. The summed E-state index contributed by atoms with van der Waals surface area (Å²) >= 11 is 1.58. The molecule has 8 nitrogen and oxygen atoms in total. The Morgan fingerprint density at radius 1 is 0.792 bits per heavy atom. The number of methoxy groups -OCH3 is 3. The van der Waals surface area contributed by atoms with Crippen LogP contribution in [0.1, 0.15) is 46.2 Å². The van der Waals surface area contributed by atoms with Crippen LogP contribution in [0, 0.1) is 27.7 Å². The first-order chi connectivity index (χ1) is 22.3. The van der Waals surface area contributed by atoms with Gasteiger partial charge in [-0.15, -0.1) is 0 Å². The van der Waals surface area contributed by atoms with Crippen molar-refractivity contribution in [2.24, 2.45) is 0 Å². The minimum atomic E-state index is -0.106. The zero-order valence-electron chi connectivity index (χ0n) is 30.4. The summed E-state index contributed by atoms with van der Waals surface area (Å²) in [7, 11) is 11.5. The topological polar surface area (TPSA) is 65.8 Å². The van der Waals surface area contributed by atoms with Gasteiger partial charge in [-0.3, -0.25) is 9.36 Å². The fourth-order valence-corrected chi connectivity index (χ4v) is 7.47. The van der Waals surface area contributed by atoms with Gasteiger partial charge < -0.3 is 40.6 Å². The van der Waals surface area contributed by atoms with Crippen LogP contribution >= 0.6 is 11.8 Å². The summed E-state index contributed by atoms with van der Waals surface area (Å²) in [6, 6.07) is 15.1. The maximum atomic E-state index is 14.1. The van der Waals surface area contributed by atoms with E-state index in [-0.39, 0.29) is 22.5 Å². The summed E-state index contributed by atoms with van der Waals surface area (Å²) in [6.07, 6.45) is 1.93. The number of quaternary nitrogens is 1. The second kappa shape index (κ2) is 17.6. The van der Waals surface area contributed by atoms with Crippen LogP contribution in [0.2, 0.25) is 0 Å². The molecule has 1 aromatic heterocycles. The minimum absolute atomic E-state index is 0. The first-order valence-electron chi connectivity index (χ1n) is 16.3. The van der Waals surface area contributed by atoms with Crippen molar-refractivity contribution in [1.29, 1.82) is 0 Å². The molecule has 0 radical (unpaired) electrons. The van der Waals surface area contributed by atoms with E-state index >= 15 is 0 Å². The van der Waals surface area contributed by atoms with Gasteiger partial charge >= 0.3 is 0 Å². The van der Waals surface area contributed by atoms with Gasteiger partial charge in [0, 0.05) is 30.8 Å². The molecule has 0 atom stereocenters. The van der Waals surface area contributed by atoms with Crippen molar-refractivity contribution in [3.8, 4) is 17.2 Å². The van der Waals surface area contributed by atoms with Crippen LogP contribution in [0.15, 0.2) is 52.4 Å². The molecule has 0 aliphatic carbocycles. The second-order valence-corrected chi connectivity index (χ2v) is 14.4. The monoisotopic (exact) mass is 740 g/mol.